The highest BCUT2D eigenvalue weighted by Gasteiger charge is 2.28. The lowest BCUT2D eigenvalue weighted by atomic mass is 9.98. The number of carbonyl (C=O) groups is 3. The number of rotatable bonds is 1. The Hall–Kier alpha value is -2.32. The van der Waals surface area contributed by atoms with Crippen LogP contribution in [0.5, 0.6) is 5.75 Å². The van der Waals surface area contributed by atoms with E-state index in [1.165, 1.54) is 0 Å². The average Bonchev–Trinajstić information content (AvgIpc) is 2.76. The van der Waals surface area contributed by atoms with Crippen molar-refractivity contribution in [2.45, 2.75) is 38.6 Å². The quantitative estimate of drug-likeness (QED) is 0.680. The number of fused-ring (bicyclic) bond motifs is 1. The molecule has 170 valence electrons. The molecule has 0 spiro atoms. The zero-order valence-electron chi connectivity index (χ0n) is 17.8. The van der Waals surface area contributed by atoms with Crippen molar-refractivity contribution >= 4 is 29.3 Å². The number of benzene rings is 1. The van der Waals surface area contributed by atoms with Gasteiger partial charge in [-0.15, -0.1) is 0 Å². The number of amides is 3. The van der Waals surface area contributed by atoms with Crippen LogP contribution >= 0.6 is 11.6 Å². The molecule has 2 N–H and O–H groups in total. The van der Waals surface area contributed by atoms with Gasteiger partial charge < -0.3 is 25.0 Å². The van der Waals surface area contributed by atoms with Gasteiger partial charge in [0.15, 0.2) is 0 Å². The first-order chi connectivity index (χ1) is 14.9. The highest BCUT2D eigenvalue weighted by molar-refractivity contribution is 6.31. The molecule has 9 heteroatoms. The van der Waals surface area contributed by atoms with E-state index in [9.17, 15) is 14.4 Å². The summed E-state index contributed by atoms with van der Waals surface area (Å²) in [6.07, 6.45) is 2.71. The zero-order chi connectivity index (χ0) is 22.2. The summed E-state index contributed by atoms with van der Waals surface area (Å²) in [5.41, 5.74) is 0.359. The van der Waals surface area contributed by atoms with Crippen molar-refractivity contribution in [3.05, 3.63) is 28.8 Å². The molecular weight excluding hydrogens is 422 g/mol. The topological polar surface area (TPSA) is 97.0 Å². The molecule has 0 aliphatic carbocycles. The second kappa shape index (κ2) is 11.3. The van der Waals surface area contributed by atoms with Crippen LogP contribution in [-0.2, 0) is 14.3 Å². The van der Waals surface area contributed by atoms with Crippen molar-refractivity contribution in [2.24, 2.45) is 5.92 Å². The summed E-state index contributed by atoms with van der Waals surface area (Å²) < 4.78 is 11.1. The summed E-state index contributed by atoms with van der Waals surface area (Å²) in [6.45, 7) is 4.07. The van der Waals surface area contributed by atoms with Crippen LogP contribution in [0.2, 0.25) is 5.02 Å². The highest BCUT2D eigenvalue weighted by atomic mass is 35.5. The predicted molar refractivity (Wildman–Crippen MR) is 116 cm³/mol. The monoisotopic (exact) mass is 451 g/mol. The van der Waals surface area contributed by atoms with E-state index in [1.807, 2.05) is 6.92 Å². The molecule has 3 rings (SSSR count). The SMILES string of the molecule is C[C@H]1COc2ccc(Cl)cc2C(=O)NCCCCN(C(=O)C2CCOCC2)CC(=O)N1. The Balaban J connectivity index is 1.70. The molecule has 2 aliphatic rings. The number of halogens is 1. The maximum absolute atomic E-state index is 13.0. The molecule has 0 unspecified atom stereocenters. The molecule has 0 saturated carbocycles. The van der Waals surface area contributed by atoms with Crippen molar-refractivity contribution < 1.29 is 23.9 Å². The molecule has 1 aromatic rings. The third-order valence-corrected chi connectivity index (χ3v) is 5.67. The minimum absolute atomic E-state index is 0.00208. The number of hydrogen-bond acceptors (Lipinski definition) is 5. The molecule has 3 amide bonds. The summed E-state index contributed by atoms with van der Waals surface area (Å²) >= 11 is 6.06. The Morgan fingerprint density at radius 2 is 1.97 bits per heavy atom. The molecule has 0 radical (unpaired) electrons. The van der Waals surface area contributed by atoms with E-state index in [1.54, 1.807) is 23.1 Å². The Morgan fingerprint density at radius 1 is 1.19 bits per heavy atom. The Bertz CT molecular complexity index is 797. The van der Waals surface area contributed by atoms with Gasteiger partial charge in [0.2, 0.25) is 11.8 Å². The van der Waals surface area contributed by atoms with Crippen LogP contribution < -0.4 is 15.4 Å². The highest BCUT2D eigenvalue weighted by Crippen LogP contribution is 2.23. The van der Waals surface area contributed by atoms with Crippen molar-refractivity contribution in [1.82, 2.24) is 15.5 Å². The van der Waals surface area contributed by atoms with Crippen LogP contribution in [0.15, 0.2) is 18.2 Å². The fourth-order valence-electron chi connectivity index (χ4n) is 3.75. The average molecular weight is 452 g/mol. The molecule has 1 aromatic carbocycles. The van der Waals surface area contributed by atoms with Crippen molar-refractivity contribution in [2.75, 3.05) is 39.5 Å². The fourth-order valence-corrected chi connectivity index (χ4v) is 3.92. The van der Waals surface area contributed by atoms with Gasteiger partial charge in [-0.25, -0.2) is 0 Å². The van der Waals surface area contributed by atoms with Gasteiger partial charge in [-0.3, -0.25) is 14.4 Å². The van der Waals surface area contributed by atoms with Gasteiger partial charge in [0.1, 0.15) is 12.4 Å². The van der Waals surface area contributed by atoms with Crippen LogP contribution in [0, 0.1) is 5.92 Å². The number of hydrogen-bond donors (Lipinski definition) is 2. The lowest BCUT2D eigenvalue weighted by Crippen LogP contribution is -2.47. The lowest BCUT2D eigenvalue weighted by Gasteiger charge is -2.29. The van der Waals surface area contributed by atoms with Gasteiger partial charge in [-0.2, -0.15) is 0 Å². The third-order valence-electron chi connectivity index (χ3n) is 5.44. The second-order valence-corrected chi connectivity index (χ2v) is 8.47. The smallest absolute Gasteiger partial charge is 0.255 e. The van der Waals surface area contributed by atoms with E-state index >= 15 is 0 Å². The standard InChI is InChI=1S/C22H30ClN3O5/c1-15-14-31-19-5-4-17(23)12-18(19)21(28)24-8-2-3-9-26(13-20(27)25-15)22(29)16-6-10-30-11-7-16/h4-5,12,15-16H,2-3,6-11,13-14H2,1H3,(H,24,28)(H,25,27)/t15-/m0/s1. The first kappa shape index (κ1) is 23.3. The molecule has 31 heavy (non-hydrogen) atoms. The molecule has 8 nitrogen and oxygen atoms in total. The number of nitrogens with zero attached hydrogens (tertiary/aromatic N) is 1. The van der Waals surface area contributed by atoms with Crippen molar-refractivity contribution in [3.8, 4) is 5.75 Å². The largest absolute Gasteiger partial charge is 0.491 e. The van der Waals surface area contributed by atoms with Crippen molar-refractivity contribution in [3.63, 3.8) is 0 Å². The van der Waals surface area contributed by atoms with Crippen molar-refractivity contribution in [1.29, 1.82) is 0 Å². The first-order valence-corrected chi connectivity index (χ1v) is 11.2. The molecular formula is C22H30ClN3O5. The summed E-state index contributed by atoms with van der Waals surface area (Å²) in [7, 11) is 0. The van der Waals surface area contributed by atoms with Gasteiger partial charge in [0, 0.05) is 37.2 Å². The summed E-state index contributed by atoms with van der Waals surface area (Å²) in [4.78, 5) is 39.8. The summed E-state index contributed by atoms with van der Waals surface area (Å²) in [5, 5.41) is 6.21. The first-order valence-electron chi connectivity index (χ1n) is 10.8. The van der Waals surface area contributed by atoms with E-state index in [-0.39, 0.29) is 42.8 Å². The third kappa shape index (κ3) is 6.83. The van der Waals surface area contributed by atoms with Gasteiger partial charge in [0.05, 0.1) is 18.2 Å². The van der Waals surface area contributed by atoms with Gasteiger partial charge in [-0.05, 0) is 50.8 Å². The fraction of sp³-hybridized carbons (Fsp3) is 0.591. The van der Waals surface area contributed by atoms with E-state index < -0.39 is 0 Å². The summed E-state index contributed by atoms with van der Waals surface area (Å²) in [5.74, 6) is -0.189. The van der Waals surface area contributed by atoms with E-state index in [0.717, 1.165) is 0 Å². The molecule has 1 saturated heterocycles. The minimum Gasteiger partial charge on any atom is -0.491 e. The van der Waals surface area contributed by atoms with Crippen LogP contribution in [0.1, 0.15) is 43.0 Å². The second-order valence-electron chi connectivity index (χ2n) is 8.03. The maximum Gasteiger partial charge on any atom is 0.255 e. The minimum atomic E-state index is -0.302. The lowest BCUT2D eigenvalue weighted by molar-refractivity contribution is -0.142. The van der Waals surface area contributed by atoms with Gasteiger partial charge >= 0.3 is 0 Å². The predicted octanol–water partition coefficient (Wildman–Crippen LogP) is 2.00. The molecule has 0 bridgehead atoms. The molecule has 1 atom stereocenters. The van der Waals surface area contributed by atoms with Gasteiger partial charge in [0.25, 0.3) is 5.91 Å². The molecule has 0 aromatic heterocycles. The Labute approximate surface area is 187 Å². The van der Waals surface area contributed by atoms with E-state index in [0.29, 0.717) is 68.3 Å². The van der Waals surface area contributed by atoms with Crippen LogP contribution in [0.3, 0.4) is 0 Å². The molecule has 1 fully saturated rings. The number of carbonyl (C=O) groups excluding carboxylic acids is 3. The van der Waals surface area contributed by atoms with Crippen LogP contribution in [0.25, 0.3) is 0 Å². The Morgan fingerprint density at radius 3 is 2.74 bits per heavy atom. The van der Waals surface area contributed by atoms with Crippen LogP contribution in [0.4, 0.5) is 0 Å². The molecule has 2 aliphatic heterocycles. The normalized spacial score (nSPS) is 22.3. The molecule has 2 heterocycles. The zero-order valence-corrected chi connectivity index (χ0v) is 18.6. The maximum atomic E-state index is 13.0. The number of ether oxygens (including phenoxy) is 2. The van der Waals surface area contributed by atoms with E-state index in [2.05, 4.69) is 10.6 Å². The van der Waals surface area contributed by atoms with Gasteiger partial charge in [-0.1, -0.05) is 11.6 Å². The van der Waals surface area contributed by atoms with E-state index in [4.69, 9.17) is 21.1 Å². The number of nitrogens with one attached hydrogen (secondary N) is 2. The van der Waals surface area contributed by atoms with Crippen LogP contribution in [-0.4, -0.2) is 68.1 Å². The Kier molecular flexibility index (Phi) is 8.54. The summed E-state index contributed by atoms with van der Waals surface area (Å²) in [6, 6.07) is 4.58.